The van der Waals surface area contributed by atoms with E-state index in [1.807, 2.05) is 0 Å². The maximum absolute atomic E-state index is 13.2. The fourth-order valence-corrected chi connectivity index (χ4v) is 4.02. The van der Waals surface area contributed by atoms with Crippen molar-refractivity contribution in [3.05, 3.63) is 22.9 Å². The summed E-state index contributed by atoms with van der Waals surface area (Å²) < 4.78 is 57.1. The minimum atomic E-state index is -4.05. The molecular weight excluding hydrogens is 372 g/mol. The maximum atomic E-state index is 13.2. The van der Waals surface area contributed by atoms with Crippen molar-refractivity contribution >= 4 is 37.0 Å². The van der Waals surface area contributed by atoms with Gasteiger partial charge in [0.1, 0.15) is 17.1 Å². The van der Waals surface area contributed by atoms with Crippen molar-refractivity contribution in [1.29, 1.82) is 0 Å². The van der Waals surface area contributed by atoms with E-state index in [9.17, 15) is 17.2 Å². The van der Waals surface area contributed by atoms with Gasteiger partial charge in [0.15, 0.2) is 0 Å². The number of nitrogens with one attached hydrogen (secondary N) is 1. The molecule has 2 aromatic heterocycles. The van der Waals surface area contributed by atoms with Crippen LogP contribution in [0.15, 0.2) is 27.8 Å². The van der Waals surface area contributed by atoms with Gasteiger partial charge in [-0.1, -0.05) is 0 Å². The van der Waals surface area contributed by atoms with E-state index in [1.165, 1.54) is 12.4 Å². The molecule has 10 heteroatoms. The highest BCUT2D eigenvalue weighted by atomic mass is 79.9. The molecule has 3 rings (SSSR count). The minimum absolute atomic E-state index is 0.0796. The molecule has 1 aliphatic heterocycles. The van der Waals surface area contributed by atoms with Gasteiger partial charge in [-0.15, -0.1) is 0 Å². The Morgan fingerprint density at radius 3 is 2.95 bits per heavy atom. The van der Waals surface area contributed by atoms with E-state index in [1.54, 1.807) is 6.07 Å². The maximum Gasteiger partial charge on any atom is 0.369 e. The largest absolute Gasteiger partial charge is 0.369 e. The molecule has 21 heavy (non-hydrogen) atoms. The third kappa shape index (κ3) is 2.68. The number of sulfonamides is 1. The van der Waals surface area contributed by atoms with E-state index in [4.69, 9.17) is 0 Å². The Balaban J connectivity index is 2.06. The number of H-pyrrole nitrogens is 1. The van der Waals surface area contributed by atoms with Crippen LogP contribution in [0.25, 0.3) is 11.0 Å². The Kier molecular flexibility index (Phi) is 3.51. The van der Waals surface area contributed by atoms with Gasteiger partial charge in [0.2, 0.25) is 10.0 Å². The zero-order chi connectivity index (χ0) is 15.3. The summed E-state index contributed by atoms with van der Waals surface area (Å²) in [6.45, 7) is -1.47. The topological polar surface area (TPSA) is 75.3 Å². The lowest BCUT2D eigenvalue weighted by atomic mass is 10.3. The molecule has 3 heterocycles. The summed E-state index contributed by atoms with van der Waals surface area (Å²) in [5.74, 6) is 0. The van der Waals surface area contributed by atoms with Gasteiger partial charge in [-0.3, -0.25) is 0 Å². The number of fused-ring (bicyclic) bond motifs is 1. The van der Waals surface area contributed by atoms with Crippen molar-refractivity contribution in [3.8, 4) is 0 Å². The number of hydrogen-bond donors (Lipinski definition) is 1. The molecule has 0 aromatic carbocycles. The van der Waals surface area contributed by atoms with E-state index >= 15 is 0 Å². The molecule has 1 saturated heterocycles. The molecule has 0 aliphatic carbocycles. The Hall–Kier alpha value is -1.10. The van der Waals surface area contributed by atoms with Crippen molar-refractivity contribution < 1.29 is 21.9 Å². The number of halogens is 3. The fraction of sp³-hybridized carbons (Fsp3) is 0.364. The van der Waals surface area contributed by atoms with Gasteiger partial charge >= 0.3 is 6.11 Å². The predicted molar refractivity (Wildman–Crippen MR) is 73.5 cm³/mol. The molecule has 0 radical (unpaired) electrons. The third-order valence-corrected chi connectivity index (χ3v) is 5.41. The number of rotatable bonds is 2. The molecule has 0 bridgehead atoms. The first-order chi connectivity index (χ1) is 9.79. The predicted octanol–water partition coefficient (Wildman–Crippen LogP) is 1.94. The van der Waals surface area contributed by atoms with E-state index in [0.717, 1.165) is 4.31 Å². The summed E-state index contributed by atoms with van der Waals surface area (Å²) in [7, 11) is -4.05. The lowest BCUT2D eigenvalue weighted by molar-refractivity contribution is -0.260. The van der Waals surface area contributed by atoms with Crippen LogP contribution in [0.1, 0.15) is 0 Å². The smallest absolute Gasteiger partial charge is 0.345 e. The van der Waals surface area contributed by atoms with Gasteiger partial charge in [-0.05, 0) is 22.0 Å². The van der Waals surface area contributed by atoms with Crippen molar-refractivity contribution in [2.24, 2.45) is 0 Å². The normalized spacial score (nSPS) is 20.0. The van der Waals surface area contributed by atoms with E-state index in [0.29, 0.717) is 15.5 Å². The Labute approximate surface area is 127 Å². The zero-order valence-corrected chi connectivity index (χ0v) is 12.9. The summed E-state index contributed by atoms with van der Waals surface area (Å²) in [6, 6.07) is 1.57. The Morgan fingerprint density at radius 1 is 1.48 bits per heavy atom. The molecule has 0 amide bonds. The van der Waals surface area contributed by atoms with Crippen molar-refractivity contribution in [2.75, 3.05) is 19.7 Å². The molecule has 1 aliphatic rings. The first-order valence-electron chi connectivity index (χ1n) is 5.94. The highest BCUT2D eigenvalue weighted by Gasteiger charge is 2.42. The van der Waals surface area contributed by atoms with Crippen LogP contribution >= 0.6 is 15.9 Å². The highest BCUT2D eigenvalue weighted by Crippen LogP contribution is 2.30. The van der Waals surface area contributed by atoms with Crippen LogP contribution in [-0.2, 0) is 14.8 Å². The summed E-state index contributed by atoms with van der Waals surface area (Å²) in [5.41, 5.74) is 0.372. The van der Waals surface area contributed by atoms with Crippen LogP contribution in [0, 0.1) is 0 Å². The molecule has 0 saturated carbocycles. The van der Waals surface area contributed by atoms with Crippen molar-refractivity contribution in [2.45, 2.75) is 11.0 Å². The lowest BCUT2D eigenvalue weighted by Crippen LogP contribution is -2.49. The van der Waals surface area contributed by atoms with E-state index < -0.39 is 22.7 Å². The molecular formula is C11H10BrF2N3O3S. The Morgan fingerprint density at radius 2 is 2.24 bits per heavy atom. The lowest BCUT2D eigenvalue weighted by Gasteiger charge is -2.31. The summed E-state index contributed by atoms with van der Waals surface area (Å²) in [6.07, 6.45) is -0.707. The minimum Gasteiger partial charge on any atom is -0.345 e. The third-order valence-electron chi connectivity index (χ3n) is 3.09. The number of alkyl halides is 2. The molecule has 1 fully saturated rings. The van der Waals surface area contributed by atoms with E-state index in [2.05, 4.69) is 30.6 Å². The number of ether oxygens (including phenoxy) is 1. The van der Waals surface area contributed by atoms with Crippen LogP contribution in [-0.4, -0.2) is 48.5 Å². The van der Waals surface area contributed by atoms with Crippen molar-refractivity contribution in [3.63, 3.8) is 0 Å². The summed E-state index contributed by atoms with van der Waals surface area (Å²) in [4.78, 5) is 6.68. The standard InChI is InChI=1S/C11H10BrF2N3O3S/c12-7-3-8-9(5-16-10(8)15-4-7)21(18,19)17-1-2-20-11(13,14)6-17/h3-5H,1-2,6H2,(H,15,16). The van der Waals surface area contributed by atoms with Crippen LogP contribution in [0.5, 0.6) is 0 Å². The molecule has 2 aromatic rings. The number of pyridine rings is 1. The van der Waals surface area contributed by atoms with Crippen LogP contribution in [0.3, 0.4) is 0 Å². The van der Waals surface area contributed by atoms with Gasteiger partial charge in [-0.25, -0.2) is 13.4 Å². The number of morpholine rings is 1. The monoisotopic (exact) mass is 381 g/mol. The molecule has 6 nitrogen and oxygen atoms in total. The molecule has 0 atom stereocenters. The molecule has 1 N–H and O–H groups in total. The summed E-state index contributed by atoms with van der Waals surface area (Å²) in [5, 5.41) is 0.346. The van der Waals surface area contributed by atoms with Gasteiger partial charge in [0, 0.05) is 28.8 Å². The molecule has 0 spiro atoms. The van der Waals surface area contributed by atoms with Gasteiger partial charge in [0.25, 0.3) is 0 Å². The fourth-order valence-electron chi connectivity index (χ4n) is 2.14. The number of aromatic amines is 1. The number of hydrogen-bond acceptors (Lipinski definition) is 4. The first-order valence-corrected chi connectivity index (χ1v) is 8.17. The zero-order valence-electron chi connectivity index (χ0n) is 10.5. The average Bonchev–Trinajstić information content (AvgIpc) is 2.81. The van der Waals surface area contributed by atoms with Crippen LogP contribution < -0.4 is 0 Å². The second kappa shape index (κ2) is 4.97. The van der Waals surface area contributed by atoms with Gasteiger partial charge in [-0.2, -0.15) is 13.1 Å². The van der Waals surface area contributed by atoms with Crippen molar-refractivity contribution in [1.82, 2.24) is 14.3 Å². The SMILES string of the molecule is O=S(=O)(c1c[nH]c2ncc(Br)cc12)N1CCOC(F)(F)C1. The molecule has 0 unspecified atom stereocenters. The summed E-state index contributed by atoms with van der Waals surface area (Å²) >= 11 is 3.21. The second-order valence-corrected chi connectivity index (χ2v) is 7.35. The Bertz CT molecular complexity index is 793. The number of nitrogens with zero attached hydrogens (tertiary/aromatic N) is 2. The second-order valence-electron chi connectivity index (χ2n) is 4.53. The van der Waals surface area contributed by atoms with Crippen LogP contribution in [0.2, 0.25) is 0 Å². The van der Waals surface area contributed by atoms with E-state index in [-0.39, 0.29) is 18.0 Å². The quantitative estimate of drug-likeness (QED) is 0.862. The van der Waals surface area contributed by atoms with Crippen LogP contribution in [0.4, 0.5) is 8.78 Å². The highest BCUT2D eigenvalue weighted by molar-refractivity contribution is 9.10. The number of aromatic nitrogens is 2. The van der Waals surface area contributed by atoms with Gasteiger partial charge in [0.05, 0.1) is 6.61 Å². The average molecular weight is 382 g/mol. The first kappa shape index (κ1) is 14.8. The van der Waals surface area contributed by atoms with Gasteiger partial charge < -0.3 is 9.72 Å². The molecule has 114 valence electrons.